The number of anilines is 1. The Hall–Kier alpha value is -2.82. The van der Waals surface area contributed by atoms with Gasteiger partial charge < -0.3 is 14.8 Å². The van der Waals surface area contributed by atoms with Crippen LogP contribution in [-0.4, -0.2) is 62.3 Å². The first-order valence-electron chi connectivity index (χ1n) is 10.3. The highest BCUT2D eigenvalue weighted by atomic mass is 32.2. The maximum absolute atomic E-state index is 13.2. The summed E-state index contributed by atoms with van der Waals surface area (Å²) in [4.78, 5) is 28.6. The van der Waals surface area contributed by atoms with E-state index in [1.54, 1.807) is 19.2 Å². The van der Waals surface area contributed by atoms with Crippen molar-refractivity contribution in [3.05, 3.63) is 48.2 Å². The van der Waals surface area contributed by atoms with Crippen molar-refractivity contribution in [2.24, 2.45) is 0 Å². The van der Waals surface area contributed by atoms with Gasteiger partial charge in [0.25, 0.3) is 0 Å². The fraction of sp³-hybridized carbons (Fsp3) is 0.409. The number of ketones is 1. The SMILES string of the molecule is COCCOc1ccc(NC(=O)C2CCCCN2S(=O)(=O)c2ccc(C(C)=O)cc2)cn1. The highest BCUT2D eigenvalue weighted by molar-refractivity contribution is 7.89. The van der Waals surface area contributed by atoms with Gasteiger partial charge in [-0.25, -0.2) is 13.4 Å². The normalized spacial score (nSPS) is 17.0. The van der Waals surface area contributed by atoms with Crippen molar-refractivity contribution in [2.45, 2.75) is 37.1 Å². The predicted molar refractivity (Wildman–Crippen MR) is 118 cm³/mol. The second-order valence-electron chi connectivity index (χ2n) is 7.42. The Labute approximate surface area is 187 Å². The van der Waals surface area contributed by atoms with Crippen molar-refractivity contribution < 1.29 is 27.5 Å². The molecule has 1 unspecified atom stereocenters. The molecule has 1 N–H and O–H groups in total. The second-order valence-corrected chi connectivity index (χ2v) is 9.31. The maximum atomic E-state index is 13.2. The third-order valence-electron chi connectivity index (χ3n) is 5.17. The van der Waals surface area contributed by atoms with E-state index in [-0.39, 0.29) is 17.2 Å². The van der Waals surface area contributed by atoms with Crippen LogP contribution >= 0.6 is 0 Å². The van der Waals surface area contributed by atoms with Gasteiger partial charge in [0.2, 0.25) is 21.8 Å². The molecule has 1 atom stereocenters. The smallest absolute Gasteiger partial charge is 0.243 e. The molecule has 3 rings (SSSR count). The molecule has 0 radical (unpaired) electrons. The fourth-order valence-corrected chi connectivity index (χ4v) is 5.10. The molecule has 1 aromatic heterocycles. The summed E-state index contributed by atoms with van der Waals surface area (Å²) < 4.78 is 38.0. The van der Waals surface area contributed by atoms with E-state index in [1.165, 1.54) is 41.7 Å². The summed E-state index contributed by atoms with van der Waals surface area (Å²) in [6.07, 6.45) is 3.30. The minimum atomic E-state index is -3.90. The lowest BCUT2D eigenvalue weighted by Gasteiger charge is -2.33. The Morgan fingerprint density at radius 1 is 1.12 bits per heavy atom. The molecule has 1 aromatic carbocycles. The van der Waals surface area contributed by atoms with E-state index in [4.69, 9.17) is 9.47 Å². The molecule has 1 aliphatic heterocycles. The number of nitrogens with one attached hydrogen (secondary N) is 1. The lowest BCUT2D eigenvalue weighted by molar-refractivity contribution is -0.120. The molecular formula is C22H27N3O6S. The molecule has 1 saturated heterocycles. The predicted octanol–water partition coefficient (Wildman–Crippen LogP) is 2.49. The van der Waals surface area contributed by atoms with Crippen molar-refractivity contribution in [2.75, 3.05) is 32.2 Å². The number of rotatable bonds is 9. The number of ether oxygens (including phenoxy) is 2. The number of nitrogens with zero attached hydrogens (tertiary/aromatic N) is 2. The lowest BCUT2D eigenvalue weighted by Crippen LogP contribution is -2.49. The molecule has 1 fully saturated rings. The summed E-state index contributed by atoms with van der Waals surface area (Å²) in [5.74, 6) is -0.160. The van der Waals surface area contributed by atoms with Crippen LogP contribution in [0.5, 0.6) is 5.88 Å². The van der Waals surface area contributed by atoms with E-state index < -0.39 is 22.0 Å². The first-order chi connectivity index (χ1) is 15.3. The first kappa shape index (κ1) is 23.8. The third-order valence-corrected chi connectivity index (χ3v) is 7.09. The molecule has 10 heteroatoms. The molecule has 0 spiro atoms. The minimum Gasteiger partial charge on any atom is -0.475 e. The van der Waals surface area contributed by atoms with Gasteiger partial charge in [-0.3, -0.25) is 9.59 Å². The van der Waals surface area contributed by atoms with Crippen molar-refractivity contribution in [1.29, 1.82) is 0 Å². The van der Waals surface area contributed by atoms with E-state index in [2.05, 4.69) is 10.3 Å². The Morgan fingerprint density at radius 2 is 1.88 bits per heavy atom. The van der Waals surface area contributed by atoms with Gasteiger partial charge in [0.15, 0.2) is 5.78 Å². The van der Waals surface area contributed by atoms with Crippen LogP contribution in [0.25, 0.3) is 0 Å². The second kappa shape index (κ2) is 10.7. The number of Topliss-reactive ketones (excluding diaryl/α,β-unsaturated/α-hetero) is 1. The molecule has 172 valence electrons. The number of piperidine rings is 1. The summed E-state index contributed by atoms with van der Waals surface area (Å²) in [6.45, 7) is 2.46. The molecule has 0 saturated carbocycles. The number of methoxy groups -OCH3 is 1. The summed E-state index contributed by atoms with van der Waals surface area (Å²) in [5.41, 5.74) is 0.877. The molecule has 2 aromatic rings. The van der Waals surface area contributed by atoms with Crippen molar-refractivity contribution in [3.8, 4) is 5.88 Å². The average molecular weight is 462 g/mol. The number of carbonyl (C=O) groups excluding carboxylic acids is 2. The lowest BCUT2D eigenvalue weighted by atomic mass is 10.0. The molecule has 0 aliphatic carbocycles. The van der Waals surface area contributed by atoms with Gasteiger partial charge in [0.05, 0.1) is 23.4 Å². The highest BCUT2D eigenvalue weighted by Crippen LogP contribution is 2.27. The van der Waals surface area contributed by atoms with Crippen LogP contribution in [-0.2, 0) is 19.6 Å². The van der Waals surface area contributed by atoms with Gasteiger partial charge in [0, 0.05) is 25.3 Å². The minimum absolute atomic E-state index is 0.0569. The zero-order valence-corrected chi connectivity index (χ0v) is 18.9. The zero-order valence-electron chi connectivity index (χ0n) is 18.1. The Kier molecular flexibility index (Phi) is 7.94. The number of sulfonamides is 1. The summed E-state index contributed by atoms with van der Waals surface area (Å²) in [7, 11) is -2.32. The third kappa shape index (κ3) is 5.70. The van der Waals surface area contributed by atoms with E-state index in [1.807, 2.05) is 0 Å². The number of hydrogen-bond acceptors (Lipinski definition) is 7. The van der Waals surface area contributed by atoms with Gasteiger partial charge in [0.1, 0.15) is 12.6 Å². The zero-order chi connectivity index (χ0) is 23.1. The molecule has 1 amide bonds. The standard InChI is InChI=1S/C22H27N3O6S/c1-16(26)17-6-9-19(10-7-17)32(28,29)25-12-4-3-5-20(25)22(27)24-18-8-11-21(23-15-18)31-14-13-30-2/h6-11,15,20H,3-5,12-14H2,1-2H3,(H,24,27). The van der Waals surface area contributed by atoms with Gasteiger partial charge in [-0.1, -0.05) is 18.6 Å². The Bertz CT molecular complexity index is 1040. The fourth-order valence-electron chi connectivity index (χ4n) is 3.45. The maximum Gasteiger partial charge on any atom is 0.243 e. The van der Waals surface area contributed by atoms with Crippen molar-refractivity contribution in [3.63, 3.8) is 0 Å². The van der Waals surface area contributed by atoms with Crippen LogP contribution < -0.4 is 10.1 Å². The van der Waals surface area contributed by atoms with Gasteiger partial charge in [-0.15, -0.1) is 0 Å². The van der Waals surface area contributed by atoms with Gasteiger partial charge in [-0.05, 0) is 38.0 Å². The van der Waals surface area contributed by atoms with Crippen LogP contribution in [0.4, 0.5) is 5.69 Å². The number of carbonyl (C=O) groups is 2. The summed E-state index contributed by atoms with van der Waals surface area (Å²) in [6, 6.07) is 8.21. The number of amides is 1. The number of pyridine rings is 1. The van der Waals surface area contributed by atoms with Crippen LogP contribution in [0.1, 0.15) is 36.5 Å². The topological polar surface area (TPSA) is 115 Å². The molecule has 2 heterocycles. The highest BCUT2D eigenvalue weighted by Gasteiger charge is 2.37. The summed E-state index contributed by atoms with van der Waals surface area (Å²) >= 11 is 0. The summed E-state index contributed by atoms with van der Waals surface area (Å²) in [5, 5.41) is 2.75. The van der Waals surface area contributed by atoms with E-state index in [0.717, 1.165) is 6.42 Å². The van der Waals surface area contributed by atoms with Crippen molar-refractivity contribution >= 4 is 27.4 Å². The number of benzene rings is 1. The van der Waals surface area contributed by atoms with Crippen LogP contribution in [0.2, 0.25) is 0 Å². The van der Waals surface area contributed by atoms with Crippen LogP contribution in [0.3, 0.4) is 0 Å². The van der Waals surface area contributed by atoms with Gasteiger partial charge in [-0.2, -0.15) is 4.31 Å². The molecular weight excluding hydrogens is 434 g/mol. The largest absolute Gasteiger partial charge is 0.475 e. The Balaban J connectivity index is 1.72. The van der Waals surface area contributed by atoms with Crippen molar-refractivity contribution in [1.82, 2.24) is 9.29 Å². The van der Waals surface area contributed by atoms with E-state index in [0.29, 0.717) is 43.2 Å². The molecule has 0 bridgehead atoms. The number of hydrogen-bond donors (Lipinski definition) is 1. The molecule has 1 aliphatic rings. The monoisotopic (exact) mass is 461 g/mol. The molecule has 9 nitrogen and oxygen atoms in total. The number of aromatic nitrogens is 1. The average Bonchev–Trinajstić information content (AvgIpc) is 2.80. The molecule has 32 heavy (non-hydrogen) atoms. The van der Waals surface area contributed by atoms with Crippen LogP contribution in [0, 0.1) is 0 Å². The quantitative estimate of drug-likeness (QED) is 0.451. The van der Waals surface area contributed by atoms with E-state index in [9.17, 15) is 18.0 Å². The van der Waals surface area contributed by atoms with Crippen LogP contribution in [0.15, 0.2) is 47.5 Å². The first-order valence-corrected chi connectivity index (χ1v) is 11.8. The van der Waals surface area contributed by atoms with E-state index >= 15 is 0 Å². The Morgan fingerprint density at radius 3 is 2.50 bits per heavy atom. The van der Waals surface area contributed by atoms with Gasteiger partial charge >= 0.3 is 0 Å².